The zero-order chi connectivity index (χ0) is 13.1. The van der Waals surface area contributed by atoms with Gasteiger partial charge in [0, 0.05) is 17.5 Å². The molecule has 0 aliphatic heterocycles. The third kappa shape index (κ3) is 2.48. The minimum Gasteiger partial charge on any atom is -0.478 e. The molecule has 0 fully saturated rings. The first-order chi connectivity index (χ1) is 8.58. The normalized spacial score (nSPS) is 11.0. The van der Waals surface area contributed by atoms with E-state index in [2.05, 4.69) is 4.98 Å². The largest absolute Gasteiger partial charge is 0.478 e. The standard InChI is InChI=1S/C14H14N2O2/c1-10-11(2)16(9-15-10)13-6-3-12(4-7-13)5-8-14(17)18/h3-9H,1-2H3,(H,17,18). The lowest BCUT2D eigenvalue weighted by molar-refractivity contribution is -0.131. The fourth-order valence-corrected chi connectivity index (χ4v) is 1.67. The molecule has 0 amide bonds. The summed E-state index contributed by atoms with van der Waals surface area (Å²) in [7, 11) is 0. The first-order valence-electron chi connectivity index (χ1n) is 5.60. The van der Waals surface area contributed by atoms with Crippen molar-refractivity contribution < 1.29 is 9.90 Å². The van der Waals surface area contributed by atoms with E-state index in [1.807, 2.05) is 42.7 Å². The van der Waals surface area contributed by atoms with Crippen molar-refractivity contribution in [2.75, 3.05) is 0 Å². The predicted octanol–water partition coefficient (Wildman–Crippen LogP) is 2.59. The molecule has 0 radical (unpaired) electrons. The van der Waals surface area contributed by atoms with Gasteiger partial charge in [0.15, 0.2) is 0 Å². The molecule has 0 saturated heterocycles. The molecule has 1 aromatic carbocycles. The zero-order valence-corrected chi connectivity index (χ0v) is 10.3. The average molecular weight is 242 g/mol. The van der Waals surface area contributed by atoms with Crippen molar-refractivity contribution in [3.05, 3.63) is 53.6 Å². The van der Waals surface area contributed by atoms with Gasteiger partial charge in [-0.2, -0.15) is 0 Å². The quantitative estimate of drug-likeness (QED) is 0.842. The van der Waals surface area contributed by atoms with E-state index in [1.165, 1.54) is 0 Å². The maximum absolute atomic E-state index is 10.4. The van der Waals surface area contributed by atoms with Crippen molar-refractivity contribution in [3.63, 3.8) is 0 Å². The van der Waals surface area contributed by atoms with Crippen LogP contribution in [0.2, 0.25) is 0 Å². The van der Waals surface area contributed by atoms with Gasteiger partial charge in [0.25, 0.3) is 0 Å². The number of aromatic nitrogens is 2. The van der Waals surface area contributed by atoms with E-state index in [-0.39, 0.29) is 0 Å². The number of imidazole rings is 1. The molecule has 2 rings (SSSR count). The van der Waals surface area contributed by atoms with Gasteiger partial charge in [-0.1, -0.05) is 12.1 Å². The Balaban J connectivity index is 2.28. The van der Waals surface area contributed by atoms with Crippen molar-refractivity contribution in [1.82, 2.24) is 9.55 Å². The minimum absolute atomic E-state index is 0.857. The molecule has 0 saturated carbocycles. The second-order valence-corrected chi connectivity index (χ2v) is 4.05. The minimum atomic E-state index is -0.944. The van der Waals surface area contributed by atoms with E-state index in [0.717, 1.165) is 28.7 Å². The predicted molar refractivity (Wildman–Crippen MR) is 69.7 cm³/mol. The number of carbonyl (C=O) groups is 1. The fraction of sp³-hybridized carbons (Fsp3) is 0.143. The van der Waals surface area contributed by atoms with Crippen LogP contribution in [0.4, 0.5) is 0 Å². The molecule has 4 nitrogen and oxygen atoms in total. The first-order valence-corrected chi connectivity index (χ1v) is 5.60. The number of hydrogen-bond acceptors (Lipinski definition) is 2. The number of aliphatic carboxylic acids is 1. The number of hydrogen-bond donors (Lipinski definition) is 1. The Kier molecular flexibility index (Phi) is 3.28. The second-order valence-electron chi connectivity index (χ2n) is 4.05. The molecule has 1 heterocycles. The van der Waals surface area contributed by atoms with Crippen molar-refractivity contribution >= 4 is 12.0 Å². The molecule has 4 heteroatoms. The first kappa shape index (κ1) is 12.1. The molecule has 0 aliphatic rings. The second kappa shape index (κ2) is 4.87. The van der Waals surface area contributed by atoms with Gasteiger partial charge in [0.05, 0.1) is 12.0 Å². The highest BCUT2D eigenvalue weighted by molar-refractivity contribution is 5.85. The number of rotatable bonds is 3. The zero-order valence-electron chi connectivity index (χ0n) is 10.3. The smallest absolute Gasteiger partial charge is 0.328 e. The van der Waals surface area contributed by atoms with Crippen LogP contribution in [0.1, 0.15) is 17.0 Å². The van der Waals surface area contributed by atoms with E-state index in [1.54, 1.807) is 12.4 Å². The summed E-state index contributed by atoms with van der Waals surface area (Å²) in [4.78, 5) is 14.7. The van der Waals surface area contributed by atoms with Gasteiger partial charge in [-0.05, 0) is 37.6 Å². The molecule has 0 bridgehead atoms. The van der Waals surface area contributed by atoms with Crippen molar-refractivity contribution in [1.29, 1.82) is 0 Å². The summed E-state index contributed by atoms with van der Waals surface area (Å²) in [6.07, 6.45) is 4.48. The monoisotopic (exact) mass is 242 g/mol. The van der Waals surface area contributed by atoms with Crippen LogP contribution < -0.4 is 0 Å². The van der Waals surface area contributed by atoms with Crippen LogP contribution in [0, 0.1) is 13.8 Å². The van der Waals surface area contributed by atoms with Crippen LogP contribution in [0.3, 0.4) is 0 Å². The fourth-order valence-electron chi connectivity index (χ4n) is 1.67. The van der Waals surface area contributed by atoms with Crippen LogP contribution >= 0.6 is 0 Å². The maximum Gasteiger partial charge on any atom is 0.328 e. The summed E-state index contributed by atoms with van der Waals surface area (Å²) in [6.45, 7) is 3.98. The van der Waals surface area contributed by atoms with E-state index in [4.69, 9.17) is 5.11 Å². The lowest BCUT2D eigenvalue weighted by atomic mass is 10.2. The van der Waals surface area contributed by atoms with E-state index in [0.29, 0.717) is 0 Å². The summed E-state index contributed by atoms with van der Waals surface area (Å²) < 4.78 is 2.00. The van der Waals surface area contributed by atoms with Crippen molar-refractivity contribution in [2.24, 2.45) is 0 Å². The molecule has 1 aromatic heterocycles. The van der Waals surface area contributed by atoms with Gasteiger partial charge in [-0.25, -0.2) is 9.78 Å². The Morgan fingerprint density at radius 1 is 1.28 bits per heavy atom. The molecule has 0 aliphatic carbocycles. The summed E-state index contributed by atoms with van der Waals surface area (Å²) in [5, 5.41) is 8.55. The number of carboxylic acid groups (broad SMARTS) is 1. The summed E-state index contributed by atoms with van der Waals surface area (Å²) >= 11 is 0. The van der Waals surface area contributed by atoms with Crippen LogP contribution in [-0.4, -0.2) is 20.6 Å². The molecule has 2 aromatic rings. The summed E-state index contributed by atoms with van der Waals surface area (Å²) in [5.74, 6) is -0.944. The Morgan fingerprint density at radius 2 is 1.94 bits per heavy atom. The Hall–Kier alpha value is -2.36. The Labute approximate surface area is 105 Å². The molecule has 92 valence electrons. The molecule has 0 atom stereocenters. The van der Waals surface area contributed by atoms with Crippen LogP contribution in [0.15, 0.2) is 36.7 Å². The Bertz CT molecular complexity index is 595. The SMILES string of the molecule is Cc1ncn(-c2ccc(C=CC(=O)O)cc2)c1C. The Morgan fingerprint density at radius 3 is 2.44 bits per heavy atom. The highest BCUT2D eigenvalue weighted by Crippen LogP contribution is 2.15. The summed E-state index contributed by atoms with van der Waals surface area (Å²) in [6, 6.07) is 7.64. The number of benzene rings is 1. The van der Waals surface area contributed by atoms with Crippen molar-refractivity contribution in [3.8, 4) is 5.69 Å². The van der Waals surface area contributed by atoms with Gasteiger partial charge in [-0.15, -0.1) is 0 Å². The molecular formula is C14H14N2O2. The van der Waals surface area contributed by atoms with Gasteiger partial charge in [0.2, 0.25) is 0 Å². The molecule has 0 unspecified atom stereocenters. The van der Waals surface area contributed by atoms with Crippen LogP contribution in [0.5, 0.6) is 0 Å². The van der Waals surface area contributed by atoms with Crippen LogP contribution in [0.25, 0.3) is 11.8 Å². The number of carboxylic acids is 1. The van der Waals surface area contributed by atoms with Gasteiger partial charge >= 0.3 is 5.97 Å². The van der Waals surface area contributed by atoms with E-state index < -0.39 is 5.97 Å². The third-order valence-electron chi connectivity index (χ3n) is 2.84. The van der Waals surface area contributed by atoms with E-state index >= 15 is 0 Å². The average Bonchev–Trinajstić information content (AvgIpc) is 2.68. The number of aryl methyl sites for hydroxylation is 1. The van der Waals surface area contributed by atoms with Gasteiger partial charge < -0.3 is 9.67 Å². The van der Waals surface area contributed by atoms with E-state index in [9.17, 15) is 4.79 Å². The van der Waals surface area contributed by atoms with Gasteiger partial charge in [0.1, 0.15) is 0 Å². The third-order valence-corrected chi connectivity index (χ3v) is 2.84. The lowest BCUT2D eigenvalue weighted by Crippen LogP contribution is -1.95. The summed E-state index contributed by atoms with van der Waals surface area (Å²) in [5.41, 5.74) is 3.98. The highest BCUT2D eigenvalue weighted by atomic mass is 16.4. The van der Waals surface area contributed by atoms with Crippen LogP contribution in [-0.2, 0) is 4.79 Å². The molecule has 1 N–H and O–H groups in total. The van der Waals surface area contributed by atoms with Crippen molar-refractivity contribution in [2.45, 2.75) is 13.8 Å². The number of nitrogens with zero attached hydrogens (tertiary/aromatic N) is 2. The lowest BCUT2D eigenvalue weighted by Gasteiger charge is -2.05. The molecule has 0 spiro atoms. The topological polar surface area (TPSA) is 55.1 Å². The molecular weight excluding hydrogens is 228 g/mol. The molecule has 18 heavy (non-hydrogen) atoms. The van der Waals surface area contributed by atoms with Gasteiger partial charge in [-0.3, -0.25) is 0 Å². The highest BCUT2D eigenvalue weighted by Gasteiger charge is 2.03. The maximum atomic E-state index is 10.4.